The lowest BCUT2D eigenvalue weighted by Gasteiger charge is -1.99. The molecule has 1 aromatic rings. The van der Waals surface area contributed by atoms with E-state index in [9.17, 15) is 4.79 Å². The number of anilines is 1. The van der Waals surface area contributed by atoms with Crippen molar-refractivity contribution < 1.29 is 9.90 Å². The monoisotopic (exact) mass is 261 g/mol. The Labute approximate surface area is 103 Å². The van der Waals surface area contributed by atoms with Crippen molar-refractivity contribution in [1.29, 1.82) is 0 Å². The number of carboxylic acid groups (broad SMARTS) is 1. The maximum Gasteiger partial charge on any atom is 0.313 e. The maximum absolute atomic E-state index is 10.3. The smallest absolute Gasteiger partial charge is 0.313 e. The first-order valence-electron chi connectivity index (χ1n) is 5.14. The molecule has 16 heavy (non-hydrogen) atoms. The maximum atomic E-state index is 10.3. The lowest BCUT2D eigenvalue weighted by atomic mass is 10.2. The SMILES string of the molecule is CCCCCNc1nnc(SCC(=O)O)s1. The summed E-state index contributed by atoms with van der Waals surface area (Å²) in [6, 6.07) is 0. The fraction of sp³-hybridized carbons (Fsp3) is 0.667. The minimum Gasteiger partial charge on any atom is -0.481 e. The van der Waals surface area contributed by atoms with E-state index in [0.29, 0.717) is 4.34 Å². The predicted octanol–water partition coefficient (Wildman–Crippen LogP) is 2.32. The van der Waals surface area contributed by atoms with Crippen LogP contribution in [0.5, 0.6) is 0 Å². The molecule has 5 nitrogen and oxygen atoms in total. The van der Waals surface area contributed by atoms with Crippen molar-refractivity contribution in [3.8, 4) is 0 Å². The minimum atomic E-state index is -0.836. The van der Waals surface area contributed by atoms with E-state index in [1.165, 1.54) is 35.9 Å². The zero-order valence-corrected chi connectivity index (χ0v) is 10.7. The molecule has 0 atom stereocenters. The second kappa shape index (κ2) is 7.45. The Balaban J connectivity index is 2.25. The summed E-state index contributed by atoms with van der Waals surface area (Å²) < 4.78 is 0.695. The molecule has 0 radical (unpaired) electrons. The summed E-state index contributed by atoms with van der Waals surface area (Å²) in [6.07, 6.45) is 3.51. The molecule has 2 N–H and O–H groups in total. The summed E-state index contributed by atoms with van der Waals surface area (Å²) in [4.78, 5) is 10.3. The lowest BCUT2D eigenvalue weighted by molar-refractivity contribution is -0.133. The van der Waals surface area contributed by atoms with Crippen LogP contribution in [0.3, 0.4) is 0 Å². The largest absolute Gasteiger partial charge is 0.481 e. The van der Waals surface area contributed by atoms with E-state index in [4.69, 9.17) is 5.11 Å². The van der Waals surface area contributed by atoms with Gasteiger partial charge < -0.3 is 10.4 Å². The number of hydrogen-bond acceptors (Lipinski definition) is 6. The van der Waals surface area contributed by atoms with Gasteiger partial charge in [0.2, 0.25) is 5.13 Å². The molecule has 0 bridgehead atoms. The van der Waals surface area contributed by atoms with Crippen LogP contribution in [0.1, 0.15) is 26.2 Å². The van der Waals surface area contributed by atoms with Crippen LogP contribution in [-0.4, -0.2) is 33.6 Å². The highest BCUT2D eigenvalue weighted by Crippen LogP contribution is 2.25. The molecular formula is C9H15N3O2S2. The average molecular weight is 261 g/mol. The van der Waals surface area contributed by atoms with Gasteiger partial charge in [0.1, 0.15) is 0 Å². The minimum absolute atomic E-state index is 0.0322. The van der Waals surface area contributed by atoms with Gasteiger partial charge >= 0.3 is 5.97 Å². The van der Waals surface area contributed by atoms with Gasteiger partial charge in [-0.15, -0.1) is 10.2 Å². The highest BCUT2D eigenvalue weighted by molar-refractivity contribution is 8.01. The zero-order chi connectivity index (χ0) is 11.8. The summed E-state index contributed by atoms with van der Waals surface area (Å²) >= 11 is 2.60. The molecule has 0 aliphatic heterocycles. The third-order valence-corrected chi connectivity index (χ3v) is 3.78. The van der Waals surface area contributed by atoms with Crippen molar-refractivity contribution in [2.75, 3.05) is 17.6 Å². The zero-order valence-electron chi connectivity index (χ0n) is 9.10. The van der Waals surface area contributed by atoms with E-state index >= 15 is 0 Å². The van der Waals surface area contributed by atoms with E-state index < -0.39 is 5.97 Å². The molecule has 0 aromatic carbocycles. The van der Waals surface area contributed by atoms with Crippen LogP contribution in [0.25, 0.3) is 0 Å². The molecule has 1 heterocycles. The molecule has 0 aliphatic carbocycles. The lowest BCUT2D eigenvalue weighted by Crippen LogP contribution is -2.00. The summed E-state index contributed by atoms with van der Waals surface area (Å²) in [5, 5.41) is 20.3. The second-order valence-electron chi connectivity index (χ2n) is 3.19. The molecular weight excluding hydrogens is 246 g/mol. The normalized spacial score (nSPS) is 10.3. The Morgan fingerprint density at radius 2 is 2.31 bits per heavy atom. The quantitative estimate of drug-likeness (QED) is 0.552. The van der Waals surface area contributed by atoms with Gasteiger partial charge in [0, 0.05) is 6.54 Å². The number of carboxylic acids is 1. The second-order valence-corrected chi connectivity index (χ2v) is 5.39. The Kier molecular flexibility index (Phi) is 6.17. The Morgan fingerprint density at radius 3 is 3.00 bits per heavy atom. The molecule has 1 aromatic heterocycles. The summed E-state index contributed by atoms with van der Waals surface area (Å²) in [5.74, 6) is -0.803. The van der Waals surface area contributed by atoms with Crippen LogP contribution < -0.4 is 5.32 Å². The number of thioether (sulfide) groups is 1. The molecule has 0 unspecified atom stereocenters. The average Bonchev–Trinajstić information content (AvgIpc) is 2.70. The first-order valence-corrected chi connectivity index (χ1v) is 6.94. The summed E-state index contributed by atoms with van der Waals surface area (Å²) in [5.41, 5.74) is 0. The number of unbranched alkanes of at least 4 members (excludes halogenated alkanes) is 2. The summed E-state index contributed by atoms with van der Waals surface area (Å²) in [6.45, 7) is 3.05. The number of nitrogens with one attached hydrogen (secondary N) is 1. The molecule has 0 saturated carbocycles. The van der Waals surface area contributed by atoms with Gasteiger partial charge in [-0.05, 0) is 6.42 Å². The fourth-order valence-corrected chi connectivity index (χ4v) is 2.53. The van der Waals surface area contributed by atoms with Gasteiger partial charge in [-0.3, -0.25) is 4.79 Å². The molecule has 0 saturated heterocycles. The van der Waals surface area contributed by atoms with Gasteiger partial charge in [0.15, 0.2) is 4.34 Å². The van der Waals surface area contributed by atoms with Crippen LogP contribution in [-0.2, 0) is 4.79 Å². The van der Waals surface area contributed by atoms with E-state index in [1.807, 2.05) is 0 Å². The van der Waals surface area contributed by atoms with Crippen LogP contribution in [0.4, 0.5) is 5.13 Å². The van der Waals surface area contributed by atoms with Crippen LogP contribution >= 0.6 is 23.1 Å². The molecule has 0 aliphatic rings. The Hall–Kier alpha value is -0.820. The predicted molar refractivity (Wildman–Crippen MR) is 66.3 cm³/mol. The molecule has 7 heteroatoms. The standard InChI is InChI=1S/C9H15N3O2S2/c1-2-3-4-5-10-8-11-12-9(16-8)15-6-7(13)14/h2-6H2,1H3,(H,10,11)(H,13,14). The van der Waals surface area contributed by atoms with Crippen LogP contribution in [0, 0.1) is 0 Å². The van der Waals surface area contributed by atoms with E-state index in [2.05, 4.69) is 22.4 Å². The first-order chi connectivity index (χ1) is 7.72. The van der Waals surface area contributed by atoms with Gasteiger partial charge in [-0.2, -0.15) is 0 Å². The topological polar surface area (TPSA) is 75.1 Å². The molecule has 0 amide bonds. The van der Waals surface area contributed by atoms with Crippen LogP contribution in [0.15, 0.2) is 4.34 Å². The number of hydrogen-bond donors (Lipinski definition) is 2. The molecule has 0 spiro atoms. The van der Waals surface area contributed by atoms with E-state index in [1.54, 1.807) is 0 Å². The number of nitrogens with zero attached hydrogens (tertiary/aromatic N) is 2. The third-order valence-electron chi connectivity index (χ3n) is 1.78. The molecule has 1 rings (SSSR count). The van der Waals surface area contributed by atoms with Gasteiger partial charge in [-0.1, -0.05) is 42.9 Å². The number of aliphatic carboxylic acids is 1. The number of carbonyl (C=O) groups is 1. The van der Waals surface area contributed by atoms with Gasteiger partial charge in [-0.25, -0.2) is 0 Å². The Morgan fingerprint density at radius 1 is 1.50 bits per heavy atom. The fourth-order valence-electron chi connectivity index (χ4n) is 1.03. The van der Waals surface area contributed by atoms with E-state index in [-0.39, 0.29) is 5.75 Å². The Bertz CT molecular complexity index is 330. The summed E-state index contributed by atoms with van der Waals surface area (Å²) in [7, 11) is 0. The van der Waals surface area contributed by atoms with E-state index in [0.717, 1.165) is 18.1 Å². The highest BCUT2D eigenvalue weighted by Gasteiger charge is 2.06. The van der Waals surface area contributed by atoms with Crippen molar-refractivity contribution in [2.24, 2.45) is 0 Å². The molecule has 0 fully saturated rings. The van der Waals surface area contributed by atoms with Gasteiger partial charge in [0.05, 0.1) is 5.75 Å². The first kappa shape index (κ1) is 13.2. The highest BCUT2D eigenvalue weighted by atomic mass is 32.2. The molecule has 90 valence electrons. The third kappa shape index (κ3) is 5.32. The van der Waals surface area contributed by atoms with Crippen molar-refractivity contribution in [3.05, 3.63) is 0 Å². The van der Waals surface area contributed by atoms with Crippen molar-refractivity contribution in [3.63, 3.8) is 0 Å². The van der Waals surface area contributed by atoms with Crippen molar-refractivity contribution in [1.82, 2.24) is 10.2 Å². The number of rotatable bonds is 8. The van der Waals surface area contributed by atoms with Gasteiger partial charge in [0.25, 0.3) is 0 Å². The van der Waals surface area contributed by atoms with Crippen molar-refractivity contribution >= 4 is 34.2 Å². The van der Waals surface area contributed by atoms with Crippen LogP contribution in [0.2, 0.25) is 0 Å². The number of aromatic nitrogens is 2. The van der Waals surface area contributed by atoms with Crippen molar-refractivity contribution in [2.45, 2.75) is 30.5 Å².